The number of aliphatic hydroxyl groups excluding tert-OH is 1. The third kappa shape index (κ3) is 11.8. The lowest BCUT2D eigenvalue weighted by molar-refractivity contribution is -0.159. The van der Waals surface area contributed by atoms with E-state index >= 15 is 0 Å². The summed E-state index contributed by atoms with van der Waals surface area (Å²) in [5.74, 6) is -3.25. The minimum absolute atomic E-state index is 0.277. The maximum atomic E-state index is 11.1. The molecule has 8 heteroatoms. The first-order valence-corrected chi connectivity index (χ1v) is 10.5. The van der Waals surface area contributed by atoms with Crippen LogP contribution in [0.4, 0.5) is 0 Å². The van der Waals surface area contributed by atoms with Crippen LogP contribution in [0.3, 0.4) is 0 Å². The number of rotatable bonds is 11. The Kier molecular flexibility index (Phi) is 13.0. The van der Waals surface area contributed by atoms with Crippen molar-refractivity contribution in [3.63, 3.8) is 0 Å². The number of carbonyl (C=O) groups excluding carboxylic acids is 1. The van der Waals surface area contributed by atoms with E-state index in [2.05, 4.69) is 5.32 Å². The molecule has 2 rings (SSSR count). The number of unbranched alkanes of at least 4 members (excludes halogenated alkanes) is 3. The van der Waals surface area contributed by atoms with Crippen LogP contribution in [0.15, 0.2) is 54.6 Å². The van der Waals surface area contributed by atoms with Crippen molar-refractivity contribution >= 4 is 17.9 Å². The number of ether oxygens (including phenoxy) is 1. The summed E-state index contributed by atoms with van der Waals surface area (Å²) in [6, 6.07) is 17.5. The lowest BCUT2D eigenvalue weighted by Gasteiger charge is -2.12. The molecule has 4 N–H and O–H groups in total. The Morgan fingerprint density at radius 1 is 0.875 bits per heavy atom. The van der Waals surface area contributed by atoms with Gasteiger partial charge in [0.2, 0.25) is 0 Å². The third-order valence-corrected chi connectivity index (χ3v) is 4.48. The van der Waals surface area contributed by atoms with Crippen molar-refractivity contribution in [2.75, 3.05) is 13.1 Å². The number of nitrogens with one attached hydrogen (secondary N) is 1. The Hall–Kier alpha value is -3.23. The first-order valence-electron chi connectivity index (χ1n) is 10.5. The Morgan fingerprint density at radius 2 is 1.47 bits per heavy atom. The molecule has 0 aliphatic carbocycles. The largest absolute Gasteiger partial charge is 0.473 e. The fraction of sp³-hybridized carbons (Fsp3) is 0.375. The van der Waals surface area contributed by atoms with Gasteiger partial charge in [-0.3, -0.25) is 4.79 Å². The monoisotopic (exact) mass is 445 g/mol. The quantitative estimate of drug-likeness (QED) is 0.179. The van der Waals surface area contributed by atoms with Crippen LogP contribution < -0.4 is 10.1 Å². The lowest BCUT2D eigenvalue weighted by atomic mass is 10.1. The highest BCUT2D eigenvalue weighted by Gasteiger charge is 2.07. The predicted octanol–water partition coefficient (Wildman–Crippen LogP) is 3.19. The highest BCUT2D eigenvalue weighted by Crippen LogP contribution is 2.20. The fourth-order valence-electron chi connectivity index (χ4n) is 2.92. The van der Waals surface area contributed by atoms with Gasteiger partial charge in [0, 0.05) is 13.5 Å². The van der Waals surface area contributed by atoms with Crippen LogP contribution >= 0.6 is 0 Å². The summed E-state index contributed by atoms with van der Waals surface area (Å²) in [6.45, 7) is 2.92. The van der Waals surface area contributed by atoms with E-state index in [1.165, 1.54) is 6.92 Å². The summed E-state index contributed by atoms with van der Waals surface area (Å²) in [6.07, 6.45) is 4.91. The van der Waals surface area contributed by atoms with Gasteiger partial charge in [0.05, 0.1) is 6.10 Å². The maximum Gasteiger partial charge on any atom is 0.414 e. The lowest BCUT2D eigenvalue weighted by Crippen LogP contribution is -2.22. The van der Waals surface area contributed by atoms with Gasteiger partial charge in [0.15, 0.2) is 0 Å². The number of aryl methyl sites for hydroxylation is 1. The zero-order valence-corrected chi connectivity index (χ0v) is 18.2. The fourth-order valence-corrected chi connectivity index (χ4v) is 2.92. The van der Waals surface area contributed by atoms with Gasteiger partial charge in [-0.05, 0) is 43.0 Å². The molecule has 0 radical (unpaired) electrons. The van der Waals surface area contributed by atoms with Crippen molar-refractivity contribution in [2.45, 2.75) is 45.1 Å². The summed E-state index contributed by atoms with van der Waals surface area (Å²) in [5.41, 5.74) is 2.04. The van der Waals surface area contributed by atoms with Crippen molar-refractivity contribution in [1.29, 1.82) is 0 Å². The number of benzene rings is 2. The predicted molar refractivity (Wildman–Crippen MR) is 119 cm³/mol. The maximum absolute atomic E-state index is 11.1. The van der Waals surface area contributed by atoms with Crippen molar-refractivity contribution in [3.8, 4) is 5.75 Å². The molecule has 1 atom stereocenters. The van der Waals surface area contributed by atoms with Gasteiger partial charge < -0.3 is 25.4 Å². The van der Waals surface area contributed by atoms with Crippen LogP contribution in [0.2, 0.25) is 0 Å². The van der Waals surface area contributed by atoms with Gasteiger partial charge in [-0.2, -0.15) is 0 Å². The zero-order valence-electron chi connectivity index (χ0n) is 18.2. The minimum atomic E-state index is -1.82. The van der Waals surface area contributed by atoms with Crippen LogP contribution in [0.5, 0.6) is 5.75 Å². The number of hydrogen-bond acceptors (Lipinski definition) is 6. The number of carboxylic acid groups (broad SMARTS) is 2. The molecule has 2 aromatic carbocycles. The van der Waals surface area contributed by atoms with Crippen LogP contribution in [0.25, 0.3) is 0 Å². The van der Waals surface area contributed by atoms with E-state index in [0.717, 1.165) is 49.8 Å². The second-order valence-corrected chi connectivity index (χ2v) is 7.11. The molecule has 0 aliphatic rings. The second kappa shape index (κ2) is 15.6. The summed E-state index contributed by atoms with van der Waals surface area (Å²) >= 11 is 0. The number of carboxylic acids is 2. The molecular weight excluding hydrogens is 414 g/mol. The summed E-state index contributed by atoms with van der Waals surface area (Å²) < 4.78 is 5.24. The average Bonchev–Trinajstić information content (AvgIpc) is 2.77. The van der Waals surface area contributed by atoms with E-state index in [1.807, 2.05) is 54.6 Å². The van der Waals surface area contributed by atoms with Gasteiger partial charge in [0.25, 0.3) is 0 Å². The normalized spacial score (nSPS) is 11.1. The van der Waals surface area contributed by atoms with Crippen LogP contribution in [-0.2, 0) is 20.8 Å². The standard InChI is InChI=1S/C22H29NO3.C2H2O4/c1-18(24)26-22-15-9-8-14-20(22)13-5-2-3-10-16-23-17-21(25)19-11-6-4-7-12-19;3-1(4)2(5)6/h4,6-9,11-12,14-15,21,23,25H,2-3,5,10,13,16-17H2,1H3;(H,3,4)(H,5,6). The molecule has 1 unspecified atom stereocenters. The van der Waals surface area contributed by atoms with E-state index < -0.39 is 18.0 Å². The molecule has 0 bridgehead atoms. The van der Waals surface area contributed by atoms with Crippen LogP contribution in [0.1, 0.15) is 49.8 Å². The van der Waals surface area contributed by atoms with Gasteiger partial charge in [-0.25, -0.2) is 9.59 Å². The molecule has 174 valence electrons. The van der Waals surface area contributed by atoms with Crippen molar-refractivity contribution in [1.82, 2.24) is 5.32 Å². The number of aliphatic hydroxyl groups is 1. The smallest absolute Gasteiger partial charge is 0.414 e. The Bertz CT molecular complexity index is 827. The summed E-state index contributed by atoms with van der Waals surface area (Å²) in [4.78, 5) is 29.3. The second-order valence-electron chi connectivity index (χ2n) is 7.11. The molecule has 0 saturated heterocycles. The van der Waals surface area contributed by atoms with Gasteiger partial charge in [-0.1, -0.05) is 61.4 Å². The molecule has 0 aromatic heterocycles. The van der Waals surface area contributed by atoms with Crippen molar-refractivity contribution in [2.24, 2.45) is 0 Å². The SMILES string of the molecule is CC(=O)Oc1ccccc1CCCCCCNCC(O)c1ccccc1.O=C(O)C(=O)O. The molecule has 8 nitrogen and oxygen atoms in total. The van der Waals surface area contributed by atoms with E-state index in [4.69, 9.17) is 24.5 Å². The van der Waals surface area contributed by atoms with Gasteiger partial charge in [0.1, 0.15) is 5.75 Å². The van der Waals surface area contributed by atoms with Gasteiger partial charge in [-0.15, -0.1) is 0 Å². The number of aliphatic carboxylic acids is 2. The molecule has 0 fully saturated rings. The molecule has 0 aliphatic heterocycles. The molecule has 0 spiro atoms. The molecule has 0 saturated carbocycles. The van der Waals surface area contributed by atoms with E-state index in [-0.39, 0.29) is 5.97 Å². The Morgan fingerprint density at radius 3 is 2.09 bits per heavy atom. The van der Waals surface area contributed by atoms with Crippen molar-refractivity contribution < 1.29 is 34.4 Å². The molecule has 32 heavy (non-hydrogen) atoms. The number of para-hydroxylation sites is 1. The highest BCUT2D eigenvalue weighted by atomic mass is 16.5. The first kappa shape index (κ1) is 26.8. The van der Waals surface area contributed by atoms with E-state index in [1.54, 1.807) is 0 Å². The van der Waals surface area contributed by atoms with Crippen LogP contribution in [0, 0.1) is 0 Å². The number of carbonyl (C=O) groups is 3. The Labute approximate surface area is 187 Å². The topological polar surface area (TPSA) is 133 Å². The Balaban J connectivity index is 0.000000751. The molecular formula is C24H31NO7. The molecule has 0 amide bonds. The van der Waals surface area contributed by atoms with Crippen LogP contribution in [-0.4, -0.2) is 46.3 Å². The zero-order chi connectivity index (χ0) is 23.8. The summed E-state index contributed by atoms with van der Waals surface area (Å²) in [5, 5.41) is 28.2. The summed E-state index contributed by atoms with van der Waals surface area (Å²) in [7, 11) is 0. The first-order chi connectivity index (χ1) is 15.3. The van der Waals surface area contributed by atoms with E-state index in [9.17, 15) is 9.90 Å². The number of hydrogen-bond donors (Lipinski definition) is 4. The van der Waals surface area contributed by atoms with E-state index in [0.29, 0.717) is 12.3 Å². The number of esters is 1. The van der Waals surface area contributed by atoms with Gasteiger partial charge >= 0.3 is 17.9 Å². The van der Waals surface area contributed by atoms with Crippen molar-refractivity contribution in [3.05, 3.63) is 65.7 Å². The third-order valence-electron chi connectivity index (χ3n) is 4.48. The highest BCUT2D eigenvalue weighted by molar-refractivity contribution is 6.27. The molecule has 0 heterocycles. The molecule has 2 aromatic rings. The minimum Gasteiger partial charge on any atom is -0.473 e. The average molecular weight is 446 g/mol.